The third kappa shape index (κ3) is 2.68. The molecule has 0 amide bonds. The van der Waals surface area contributed by atoms with Gasteiger partial charge < -0.3 is 4.98 Å². The first-order chi connectivity index (χ1) is 7.34. The molecule has 2 rings (SSSR count). The summed E-state index contributed by atoms with van der Waals surface area (Å²) >= 11 is 0. The van der Waals surface area contributed by atoms with E-state index < -0.39 is 0 Å². The normalized spacial score (nSPS) is 10.7. The van der Waals surface area contributed by atoms with E-state index in [1.807, 2.05) is 42.5 Å². The number of benzene rings is 1. The number of aromatic nitrogens is 1. The van der Waals surface area contributed by atoms with Gasteiger partial charge in [-0.25, -0.2) is 0 Å². The molecule has 0 spiro atoms. The first-order valence-corrected chi connectivity index (χ1v) is 4.76. The van der Waals surface area contributed by atoms with Gasteiger partial charge in [0.1, 0.15) is 0 Å². The maximum Gasteiger partial charge on any atom is 0.247 e. The first-order valence-electron chi connectivity index (χ1n) is 4.76. The molecule has 0 fully saturated rings. The number of hydrogen-bond donors (Lipinski definition) is 1. The van der Waals surface area contributed by atoms with Crippen LogP contribution in [0.2, 0.25) is 0 Å². The van der Waals surface area contributed by atoms with E-state index in [1.54, 1.807) is 12.3 Å². The van der Waals surface area contributed by atoms with E-state index in [0.29, 0.717) is 0 Å². The van der Waals surface area contributed by atoms with Crippen molar-refractivity contribution in [1.29, 1.82) is 0 Å². The van der Waals surface area contributed by atoms with Crippen molar-refractivity contribution in [2.75, 3.05) is 0 Å². The minimum absolute atomic E-state index is 0.0770. The van der Waals surface area contributed by atoms with E-state index in [-0.39, 0.29) is 5.56 Å². The fourth-order valence-corrected chi connectivity index (χ4v) is 1.28. The Morgan fingerprint density at radius 3 is 2.27 bits per heavy atom. The predicted molar refractivity (Wildman–Crippen MR) is 62.4 cm³/mol. The van der Waals surface area contributed by atoms with E-state index in [9.17, 15) is 4.79 Å². The van der Waals surface area contributed by atoms with Crippen LogP contribution in [0.25, 0.3) is 12.2 Å². The Balaban J connectivity index is 2.19. The lowest BCUT2D eigenvalue weighted by Gasteiger charge is -1.92. The molecule has 0 bridgehead atoms. The first kappa shape index (κ1) is 9.46. The maximum atomic E-state index is 10.8. The summed E-state index contributed by atoms with van der Waals surface area (Å²) in [4.78, 5) is 13.4. The van der Waals surface area contributed by atoms with Gasteiger partial charge >= 0.3 is 0 Å². The fraction of sp³-hybridized carbons (Fsp3) is 0. The Bertz CT molecular complexity index is 491. The Morgan fingerprint density at radius 1 is 0.867 bits per heavy atom. The monoisotopic (exact) mass is 197 g/mol. The van der Waals surface area contributed by atoms with Crippen LogP contribution in [0, 0.1) is 0 Å². The smallest absolute Gasteiger partial charge is 0.247 e. The highest BCUT2D eigenvalue weighted by molar-refractivity contribution is 5.68. The van der Waals surface area contributed by atoms with E-state index in [4.69, 9.17) is 0 Å². The second-order valence-corrected chi connectivity index (χ2v) is 3.23. The van der Waals surface area contributed by atoms with Crippen LogP contribution in [-0.2, 0) is 0 Å². The molecule has 2 nitrogen and oxygen atoms in total. The highest BCUT2D eigenvalue weighted by Crippen LogP contribution is 2.05. The minimum atomic E-state index is -0.0770. The second-order valence-electron chi connectivity index (χ2n) is 3.23. The van der Waals surface area contributed by atoms with Crippen molar-refractivity contribution in [2.24, 2.45) is 0 Å². The van der Waals surface area contributed by atoms with E-state index in [1.165, 1.54) is 6.07 Å². The highest BCUT2D eigenvalue weighted by Gasteiger charge is 1.86. The van der Waals surface area contributed by atoms with Gasteiger partial charge in [-0.05, 0) is 17.2 Å². The summed E-state index contributed by atoms with van der Waals surface area (Å²) in [5.74, 6) is 0. The van der Waals surface area contributed by atoms with Crippen molar-refractivity contribution in [3.8, 4) is 0 Å². The van der Waals surface area contributed by atoms with Crippen molar-refractivity contribution < 1.29 is 0 Å². The molecule has 15 heavy (non-hydrogen) atoms. The molecule has 0 atom stereocenters. The van der Waals surface area contributed by atoms with E-state index >= 15 is 0 Å². The predicted octanol–water partition coefficient (Wildman–Crippen LogP) is 2.55. The number of pyridine rings is 1. The van der Waals surface area contributed by atoms with Crippen molar-refractivity contribution in [2.45, 2.75) is 0 Å². The molecule has 2 heteroatoms. The van der Waals surface area contributed by atoms with Gasteiger partial charge in [-0.2, -0.15) is 0 Å². The summed E-state index contributed by atoms with van der Waals surface area (Å²) in [5.41, 5.74) is 2.05. The third-order valence-corrected chi connectivity index (χ3v) is 2.08. The summed E-state index contributed by atoms with van der Waals surface area (Å²) in [7, 11) is 0. The standard InChI is InChI=1S/C13H11NO/c15-13-9-8-12(10-14-13)7-6-11-4-2-1-3-5-11/h1-10H,(H,14,15). The average Bonchev–Trinajstić information content (AvgIpc) is 2.30. The van der Waals surface area contributed by atoms with Crippen LogP contribution in [0.5, 0.6) is 0 Å². The van der Waals surface area contributed by atoms with E-state index in [2.05, 4.69) is 4.98 Å². The largest absolute Gasteiger partial charge is 0.329 e. The molecule has 0 saturated carbocycles. The molecule has 2 aromatic rings. The van der Waals surface area contributed by atoms with Gasteiger partial charge in [0.2, 0.25) is 5.56 Å². The van der Waals surface area contributed by atoms with Crippen LogP contribution in [0.15, 0.2) is 53.5 Å². The van der Waals surface area contributed by atoms with Crippen molar-refractivity contribution in [3.05, 3.63) is 70.1 Å². The van der Waals surface area contributed by atoms with Gasteiger partial charge in [0.05, 0.1) is 0 Å². The van der Waals surface area contributed by atoms with Gasteiger partial charge in [-0.1, -0.05) is 42.5 Å². The Kier molecular flexibility index (Phi) is 2.79. The van der Waals surface area contributed by atoms with E-state index in [0.717, 1.165) is 11.1 Å². The molecule has 0 aliphatic rings. The average molecular weight is 197 g/mol. The Hall–Kier alpha value is -2.09. The van der Waals surface area contributed by atoms with Gasteiger partial charge in [-0.15, -0.1) is 0 Å². The van der Waals surface area contributed by atoms with Gasteiger partial charge in [0.15, 0.2) is 0 Å². The van der Waals surface area contributed by atoms with Crippen LogP contribution in [-0.4, -0.2) is 4.98 Å². The number of hydrogen-bond acceptors (Lipinski definition) is 1. The molecule has 1 aromatic heterocycles. The van der Waals surface area contributed by atoms with Crippen LogP contribution in [0.3, 0.4) is 0 Å². The summed E-state index contributed by atoms with van der Waals surface area (Å²) in [5, 5.41) is 0. The molecule has 74 valence electrons. The summed E-state index contributed by atoms with van der Waals surface area (Å²) in [6.07, 6.45) is 5.67. The molecule has 1 N–H and O–H groups in total. The number of aromatic amines is 1. The molecule has 1 heterocycles. The van der Waals surface area contributed by atoms with Crippen LogP contribution in [0.1, 0.15) is 11.1 Å². The van der Waals surface area contributed by atoms with Crippen molar-refractivity contribution in [1.82, 2.24) is 4.98 Å². The molecule has 0 unspecified atom stereocenters. The lowest BCUT2D eigenvalue weighted by molar-refractivity contribution is 1.23. The lowest BCUT2D eigenvalue weighted by Crippen LogP contribution is -2.00. The molecule has 0 saturated heterocycles. The van der Waals surface area contributed by atoms with Gasteiger partial charge in [-0.3, -0.25) is 4.79 Å². The Morgan fingerprint density at radius 2 is 1.60 bits per heavy atom. The summed E-state index contributed by atoms with van der Waals surface area (Å²) in [6.45, 7) is 0. The van der Waals surface area contributed by atoms with Crippen molar-refractivity contribution >= 4 is 12.2 Å². The molecular weight excluding hydrogens is 186 g/mol. The Labute approximate surface area is 87.9 Å². The quantitative estimate of drug-likeness (QED) is 0.788. The summed E-state index contributed by atoms with van der Waals surface area (Å²) < 4.78 is 0. The van der Waals surface area contributed by atoms with Crippen molar-refractivity contribution in [3.63, 3.8) is 0 Å². The molecule has 1 aromatic carbocycles. The second kappa shape index (κ2) is 4.42. The zero-order valence-electron chi connectivity index (χ0n) is 8.18. The van der Waals surface area contributed by atoms with Crippen LogP contribution < -0.4 is 5.56 Å². The molecular formula is C13H11NO. The third-order valence-electron chi connectivity index (χ3n) is 2.08. The van der Waals surface area contributed by atoms with Crippen LogP contribution >= 0.6 is 0 Å². The SMILES string of the molecule is O=c1ccc(C=Cc2ccccc2)c[nH]1. The van der Waals surface area contributed by atoms with Gasteiger partial charge in [0.25, 0.3) is 0 Å². The van der Waals surface area contributed by atoms with Crippen LogP contribution in [0.4, 0.5) is 0 Å². The molecule has 0 aliphatic heterocycles. The summed E-state index contributed by atoms with van der Waals surface area (Å²) in [6, 6.07) is 13.3. The number of H-pyrrole nitrogens is 1. The number of nitrogens with one attached hydrogen (secondary N) is 1. The fourth-order valence-electron chi connectivity index (χ4n) is 1.28. The molecule has 0 aliphatic carbocycles. The maximum absolute atomic E-state index is 10.8. The highest BCUT2D eigenvalue weighted by atomic mass is 16.1. The van der Waals surface area contributed by atoms with Gasteiger partial charge in [0, 0.05) is 12.3 Å². The topological polar surface area (TPSA) is 32.9 Å². The number of rotatable bonds is 2. The zero-order chi connectivity index (χ0) is 10.5. The molecule has 0 radical (unpaired) electrons. The minimum Gasteiger partial charge on any atom is -0.329 e. The zero-order valence-corrected chi connectivity index (χ0v) is 8.18. The lowest BCUT2D eigenvalue weighted by atomic mass is 10.2.